The molecule has 0 radical (unpaired) electrons. The Hall–Kier alpha value is -8.34. The van der Waals surface area contributed by atoms with Gasteiger partial charge in [0, 0.05) is 5.33 Å². The lowest BCUT2D eigenvalue weighted by atomic mass is 10.1. The van der Waals surface area contributed by atoms with Crippen LogP contribution in [0, 0.1) is 0 Å². The maximum atomic E-state index is 12.2. The van der Waals surface area contributed by atoms with Gasteiger partial charge in [0.2, 0.25) is 11.5 Å². The molecule has 2 aliphatic rings. The standard InChI is InChI=1S/C20H20O6.C19H17N3O7.C13H10BrN3O/c21-11-16(22)17-18(24-12-14-7-3-1-4-8-14)19(20(23)26-17)25-13-15-9-5-2-6-10-15;23-14-6-5-10(7-13(14)22-20-11-3-1-2-4-12(11)21-22)8-28-9-15(24)18-16(25)17(26)19(27)29-18;14-8-9-5-6-13(18)12(7-9)17-15-10-3-1-2-4-11(10)16-17/h1-10,16-17,21-22H,11-13H2;1-7,15,18,23-26H,8-9H2;1-7,18H,8H2/t16-,17-;15-,18-;/m11./s1. The molecule has 0 unspecified atom stereocenters. The first-order valence-corrected chi connectivity index (χ1v) is 23.5. The summed E-state index contributed by atoms with van der Waals surface area (Å²) in [5.74, 6) is -3.31. The second-order valence-electron chi connectivity index (χ2n) is 16.2. The Morgan fingerprint density at radius 2 is 1.01 bits per heavy atom. The van der Waals surface area contributed by atoms with Crippen LogP contribution in [0.1, 0.15) is 22.3 Å². The van der Waals surface area contributed by atoms with Gasteiger partial charge in [-0.25, -0.2) is 9.59 Å². The molecule has 2 aromatic heterocycles. The van der Waals surface area contributed by atoms with Gasteiger partial charge < -0.3 is 59.4 Å². The highest BCUT2D eigenvalue weighted by Gasteiger charge is 2.42. The normalized spacial score (nSPS) is 16.1. The molecule has 0 saturated heterocycles. The summed E-state index contributed by atoms with van der Waals surface area (Å²) >= 11 is 3.39. The van der Waals surface area contributed by atoms with E-state index in [-0.39, 0.29) is 49.4 Å². The van der Waals surface area contributed by atoms with E-state index in [1.807, 2.05) is 121 Å². The monoisotopic (exact) mass is 1060 g/mol. The molecule has 0 fully saturated rings. The van der Waals surface area contributed by atoms with Gasteiger partial charge in [0.25, 0.3) is 0 Å². The summed E-state index contributed by atoms with van der Waals surface area (Å²) in [5.41, 5.74) is 7.41. The molecule has 73 heavy (non-hydrogen) atoms. The van der Waals surface area contributed by atoms with E-state index in [1.54, 1.807) is 18.2 Å². The van der Waals surface area contributed by atoms with Gasteiger partial charge in [-0.15, -0.1) is 30.0 Å². The number of carbonyl (C=O) groups is 2. The quantitative estimate of drug-likeness (QED) is 0.0420. The largest absolute Gasteiger partial charge is 0.506 e. The second-order valence-corrected chi connectivity index (χ2v) is 16.8. The molecule has 4 atom stereocenters. The number of ether oxygens (including phenoxy) is 5. The number of nitrogens with zero attached hydrogens (tertiary/aromatic N) is 6. The van der Waals surface area contributed by atoms with Crippen molar-refractivity contribution in [1.29, 1.82) is 0 Å². The van der Waals surface area contributed by atoms with Crippen LogP contribution in [0.4, 0.5) is 0 Å². The minimum absolute atomic E-state index is 0.0162. The number of hydrogen-bond acceptors (Lipinski definition) is 18. The number of esters is 2. The number of carbonyl (C=O) groups excluding carboxylic acids is 2. The summed E-state index contributed by atoms with van der Waals surface area (Å²) in [6.07, 6.45) is -5.12. The molecule has 6 aromatic carbocycles. The number of alkyl halides is 1. The van der Waals surface area contributed by atoms with Gasteiger partial charge >= 0.3 is 11.9 Å². The summed E-state index contributed by atoms with van der Waals surface area (Å²) in [5, 5.41) is 86.2. The van der Waals surface area contributed by atoms with Crippen molar-refractivity contribution in [1.82, 2.24) is 30.0 Å². The third-order valence-electron chi connectivity index (χ3n) is 11.0. The van der Waals surface area contributed by atoms with Crippen LogP contribution in [0.25, 0.3) is 33.4 Å². The van der Waals surface area contributed by atoms with E-state index in [9.17, 15) is 45.3 Å². The lowest BCUT2D eigenvalue weighted by Gasteiger charge is -2.18. The Morgan fingerprint density at radius 3 is 1.49 bits per heavy atom. The summed E-state index contributed by atoms with van der Waals surface area (Å²) in [7, 11) is 0. The van der Waals surface area contributed by atoms with Crippen LogP contribution in [0.15, 0.2) is 169 Å². The van der Waals surface area contributed by atoms with Crippen molar-refractivity contribution in [3.8, 4) is 22.9 Å². The van der Waals surface area contributed by atoms with Crippen LogP contribution in [-0.4, -0.2) is 115 Å². The predicted octanol–water partition coefficient (Wildman–Crippen LogP) is 6.19. The Bertz CT molecular complexity index is 3190. The highest BCUT2D eigenvalue weighted by atomic mass is 79.9. The van der Waals surface area contributed by atoms with Crippen LogP contribution in [-0.2, 0) is 58.4 Å². The number of aliphatic hydroxyl groups excluding tert-OH is 5. The number of phenolic OH excluding ortho intramolecular Hbond substituents is 2. The third kappa shape index (κ3) is 12.4. The van der Waals surface area contributed by atoms with Crippen LogP contribution >= 0.6 is 15.9 Å². The number of aromatic hydroxyl groups is 2. The van der Waals surface area contributed by atoms with Crippen LogP contribution in [0.3, 0.4) is 0 Å². The van der Waals surface area contributed by atoms with Crippen molar-refractivity contribution in [3.63, 3.8) is 0 Å². The number of fused-ring (bicyclic) bond motifs is 2. The van der Waals surface area contributed by atoms with Gasteiger partial charge in [-0.1, -0.05) is 113 Å². The molecule has 21 heteroatoms. The molecule has 0 bridgehead atoms. The fourth-order valence-electron chi connectivity index (χ4n) is 7.22. The van der Waals surface area contributed by atoms with E-state index in [2.05, 4.69) is 41.1 Å². The zero-order chi connectivity index (χ0) is 51.4. The molecule has 0 amide bonds. The van der Waals surface area contributed by atoms with Gasteiger partial charge in [-0.05, 0) is 70.8 Å². The number of benzene rings is 6. The Balaban J connectivity index is 0.000000150. The molecule has 8 aromatic rings. The van der Waals surface area contributed by atoms with E-state index in [0.29, 0.717) is 28.0 Å². The van der Waals surface area contributed by atoms with E-state index in [4.69, 9.17) is 18.9 Å². The Labute approximate surface area is 423 Å². The highest BCUT2D eigenvalue weighted by molar-refractivity contribution is 9.08. The Morgan fingerprint density at radius 1 is 0.548 bits per heavy atom. The van der Waals surface area contributed by atoms with E-state index in [0.717, 1.165) is 33.1 Å². The minimum atomic E-state index is -1.38. The van der Waals surface area contributed by atoms with E-state index in [1.165, 1.54) is 15.7 Å². The number of aromatic nitrogens is 6. The first kappa shape index (κ1) is 51.0. The molecular weight excluding hydrogens is 1010 g/mol. The predicted molar refractivity (Wildman–Crippen MR) is 264 cm³/mol. The minimum Gasteiger partial charge on any atom is -0.506 e. The lowest BCUT2D eigenvalue weighted by molar-refractivity contribution is -0.149. The SMILES string of the molecule is O=C1O[C@H]([C@H](O)CO)C(OCc2ccccc2)=C1OCc1ccccc1.O=C1O[C@H]([C@H](O)COCc2ccc(O)c(-n3nc4ccccc4n3)c2)C(O)=C1O.Oc1ccc(CBr)cc1-n1nc2ccccc2n1. The van der Waals surface area contributed by atoms with Crippen molar-refractivity contribution in [2.24, 2.45) is 0 Å². The van der Waals surface area contributed by atoms with Gasteiger partial charge in [-0.2, -0.15) is 0 Å². The maximum absolute atomic E-state index is 12.2. The first-order valence-electron chi connectivity index (χ1n) is 22.4. The summed E-state index contributed by atoms with van der Waals surface area (Å²) in [6, 6.07) is 43.8. The second kappa shape index (κ2) is 23.7. The zero-order valence-corrected chi connectivity index (χ0v) is 40.0. The summed E-state index contributed by atoms with van der Waals surface area (Å²) < 4.78 is 26.6. The van der Waals surface area contributed by atoms with Crippen molar-refractivity contribution in [2.45, 2.75) is 49.6 Å². The van der Waals surface area contributed by atoms with E-state index < -0.39 is 54.5 Å². The fraction of sp³-hybridized carbons (Fsp3) is 0.192. The van der Waals surface area contributed by atoms with Gasteiger partial charge in [0.1, 0.15) is 70.4 Å². The maximum Gasteiger partial charge on any atom is 0.378 e. The number of phenols is 2. The molecule has 0 aliphatic carbocycles. The number of halogens is 1. The van der Waals surface area contributed by atoms with Gasteiger partial charge in [0.05, 0.1) is 19.8 Å². The van der Waals surface area contributed by atoms with E-state index >= 15 is 0 Å². The molecule has 2 aliphatic heterocycles. The van der Waals surface area contributed by atoms with Crippen molar-refractivity contribution in [2.75, 3.05) is 13.2 Å². The molecule has 10 rings (SSSR count). The van der Waals surface area contributed by atoms with Gasteiger partial charge in [0.15, 0.2) is 23.7 Å². The van der Waals surface area contributed by atoms with Crippen molar-refractivity contribution >= 4 is 49.9 Å². The van der Waals surface area contributed by atoms with Crippen LogP contribution in [0.2, 0.25) is 0 Å². The van der Waals surface area contributed by atoms with Gasteiger partial charge in [-0.3, -0.25) is 0 Å². The first-order chi connectivity index (χ1) is 35.4. The molecule has 0 saturated carbocycles. The molecule has 20 nitrogen and oxygen atoms in total. The topological polar surface area (TPSA) is 283 Å². The lowest BCUT2D eigenvalue weighted by Crippen LogP contribution is -2.32. The van der Waals surface area contributed by atoms with Crippen LogP contribution < -0.4 is 0 Å². The molecule has 4 heterocycles. The molecule has 7 N–H and O–H groups in total. The highest BCUT2D eigenvalue weighted by Crippen LogP contribution is 2.30. The van der Waals surface area contributed by atoms with Crippen molar-refractivity contribution in [3.05, 3.63) is 191 Å². The number of hydrogen-bond donors (Lipinski definition) is 7. The Kier molecular flexibility index (Phi) is 16.6. The van der Waals surface area contributed by atoms with Crippen LogP contribution in [0.5, 0.6) is 11.5 Å². The third-order valence-corrected chi connectivity index (χ3v) is 11.6. The molecule has 376 valence electrons. The number of cyclic esters (lactones) is 2. The number of rotatable bonds is 16. The average Bonchev–Trinajstić information content (AvgIpc) is 4.19. The molecular formula is C52H47BrN6O14. The summed E-state index contributed by atoms with van der Waals surface area (Å²) in [6.45, 7) is -0.440. The number of aliphatic hydroxyl groups is 5. The van der Waals surface area contributed by atoms with Crippen molar-refractivity contribution < 1.29 is 69.0 Å². The fourth-order valence-corrected chi connectivity index (χ4v) is 7.57. The molecule has 0 spiro atoms. The zero-order valence-electron chi connectivity index (χ0n) is 38.5. The summed E-state index contributed by atoms with van der Waals surface area (Å²) in [4.78, 5) is 26.1. The smallest absolute Gasteiger partial charge is 0.378 e. The average molecular weight is 1060 g/mol.